The van der Waals surface area contributed by atoms with Gasteiger partial charge < -0.3 is 10.4 Å². The molecular formula is C14H14FNO2S. The first-order valence-corrected chi connectivity index (χ1v) is 6.74. The van der Waals surface area contributed by atoms with E-state index in [1.54, 1.807) is 11.3 Å². The fraction of sp³-hybridized carbons (Fsp3) is 0.214. The molecule has 1 heterocycles. The van der Waals surface area contributed by atoms with Gasteiger partial charge in [0, 0.05) is 23.0 Å². The highest BCUT2D eigenvalue weighted by atomic mass is 32.1. The van der Waals surface area contributed by atoms with E-state index in [0.29, 0.717) is 12.1 Å². The van der Waals surface area contributed by atoms with Gasteiger partial charge in [0.15, 0.2) is 0 Å². The van der Waals surface area contributed by atoms with Crippen molar-refractivity contribution >= 4 is 17.3 Å². The van der Waals surface area contributed by atoms with Gasteiger partial charge in [-0.3, -0.25) is 0 Å². The van der Waals surface area contributed by atoms with E-state index in [2.05, 4.69) is 5.32 Å². The topological polar surface area (TPSA) is 49.3 Å². The minimum Gasteiger partial charge on any atom is -0.478 e. The molecule has 1 aromatic heterocycles. The van der Waals surface area contributed by atoms with Gasteiger partial charge in [-0.2, -0.15) is 0 Å². The Morgan fingerprint density at radius 1 is 1.47 bits per heavy atom. The van der Waals surface area contributed by atoms with E-state index < -0.39 is 11.8 Å². The molecule has 0 amide bonds. The number of rotatable bonds is 5. The summed E-state index contributed by atoms with van der Waals surface area (Å²) in [5, 5.41) is 14.1. The van der Waals surface area contributed by atoms with Crippen LogP contribution in [0, 0.1) is 5.82 Å². The first-order chi connectivity index (χ1) is 9.08. The second-order valence-electron chi connectivity index (χ2n) is 4.23. The summed E-state index contributed by atoms with van der Waals surface area (Å²) in [5.41, 5.74) is 0.463. The predicted molar refractivity (Wildman–Crippen MR) is 72.9 cm³/mol. The zero-order valence-corrected chi connectivity index (χ0v) is 11.2. The van der Waals surface area contributed by atoms with E-state index >= 15 is 0 Å². The summed E-state index contributed by atoms with van der Waals surface area (Å²) in [4.78, 5) is 12.0. The summed E-state index contributed by atoms with van der Waals surface area (Å²) in [7, 11) is 0. The average molecular weight is 279 g/mol. The Labute approximate surface area is 114 Å². The number of thiophene rings is 1. The van der Waals surface area contributed by atoms with Crippen LogP contribution >= 0.6 is 11.3 Å². The summed E-state index contributed by atoms with van der Waals surface area (Å²) in [6, 6.07) is 7.90. The van der Waals surface area contributed by atoms with Crippen LogP contribution in [0.25, 0.3) is 0 Å². The average Bonchev–Trinajstić information content (AvgIpc) is 2.91. The van der Waals surface area contributed by atoms with Crippen LogP contribution in [-0.4, -0.2) is 11.1 Å². The zero-order valence-electron chi connectivity index (χ0n) is 10.4. The highest BCUT2D eigenvalue weighted by molar-refractivity contribution is 7.10. The molecule has 1 aromatic carbocycles. The molecule has 0 aliphatic carbocycles. The normalized spacial score (nSPS) is 12.3. The quantitative estimate of drug-likeness (QED) is 0.881. The second kappa shape index (κ2) is 5.95. The maximum absolute atomic E-state index is 13.6. The molecule has 1 atom stereocenters. The molecule has 0 saturated heterocycles. The van der Waals surface area contributed by atoms with Gasteiger partial charge in [0.05, 0.1) is 5.56 Å². The van der Waals surface area contributed by atoms with Crippen LogP contribution in [0.15, 0.2) is 35.7 Å². The minimum atomic E-state index is -1.05. The number of hydrogen-bond acceptors (Lipinski definition) is 3. The van der Waals surface area contributed by atoms with Crippen LogP contribution in [0.2, 0.25) is 0 Å². The van der Waals surface area contributed by atoms with E-state index in [1.807, 2.05) is 24.4 Å². The molecule has 0 spiro atoms. The number of nitrogens with one attached hydrogen (secondary N) is 1. The van der Waals surface area contributed by atoms with Crippen molar-refractivity contribution in [1.82, 2.24) is 5.32 Å². The molecule has 3 nitrogen and oxygen atoms in total. The van der Waals surface area contributed by atoms with Crippen molar-refractivity contribution in [2.24, 2.45) is 0 Å². The largest absolute Gasteiger partial charge is 0.478 e. The molecule has 5 heteroatoms. The number of carboxylic acids is 1. The monoisotopic (exact) mass is 279 g/mol. The van der Waals surface area contributed by atoms with Crippen LogP contribution in [0.1, 0.15) is 33.8 Å². The third-order valence-electron chi connectivity index (χ3n) is 2.86. The van der Waals surface area contributed by atoms with Gasteiger partial charge in [0.25, 0.3) is 0 Å². The summed E-state index contributed by atoms with van der Waals surface area (Å²) in [5.74, 6) is -1.44. The Bertz CT molecular complexity index is 569. The molecule has 0 aliphatic heterocycles. The molecular weight excluding hydrogens is 265 g/mol. The van der Waals surface area contributed by atoms with Crippen molar-refractivity contribution in [2.45, 2.75) is 19.5 Å². The van der Waals surface area contributed by atoms with Crippen LogP contribution in [0.3, 0.4) is 0 Å². The van der Waals surface area contributed by atoms with Crippen molar-refractivity contribution < 1.29 is 14.3 Å². The molecule has 2 aromatic rings. The van der Waals surface area contributed by atoms with Crippen LogP contribution < -0.4 is 5.32 Å². The minimum absolute atomic E-state index is 0.0991. The fourth-order valence-corrected chi connectivity index (χ4v) is 2.50. The molecule has 0 fully saturated rings. The molecule has 0 bridgehead atoms. The molecule has 0 aliphatic rings. The third-order valence-corrected chi connectivity index (χ3v) is 3.92. The Hall–Kier alpha value is -1.72. The van der Waals surface area contributed by atoms with Crippen molar-refractivity contribution in [3.05, 3.63) is 57.5 Å². The number of halogens is 1. The van der Waals surface area contributed by atoms with E-state index in [9.17, 15) is 9.18 Å². The first kappa shape index (κ1) is 13.7. The highest BCUT2D eigenvalue weighted by Gasteiger charge is 2.10. The lowest BCUT2D eigenvalue weighted by Crippen LogP contribution is -2.18. The summed E-state index contributed by atoms with van der Waals surface area (Å²) in [6.45, 7) is 2.29. The Morgan fingerprint density at radius 3 is 2.89 bits per heavy atom. The fourth-order valence-electron chi connectivity index (χ4n) is 1.74. The van der Waals surface area contributed by atoms with Crippen LogP contribution in [0.5, 0.6) is 0 Å². The van der Waals surface area contributed by atoms with Crippen LogP contribution in [-0.2, 0) is 6.54 Å². The lowest BCUT2D eigenvalue weighted by molar-refractivity contribution is 0.0696. The predicted octanol–water partition coefficient (Wildman–Crippen LogP) is 3.44. The number of benzene rings is 1. The standard InChI is InChI=1S/C14H14FNO2S/c1-9(13-3-2-6-19-13)16-8-11-7-10(14(17)18)4-5-12(11)15/h2-7,9,16H,8H2,1H3,(H,17,18). The van der Waals surface area contributed by atoms with E-state index in [4.69, 9.17) is 5.11 Å². The maximum atomic E-state index is 13.6. The summed E-state index contributed by atoms with van der Waals surface area (Å²) in [6.07, 6.45) is 0. The number of carboxylic acid groups (broad SMARTS) is 1. The molecule has 1 unspecified atom stereocenters. The molecule has 2 N–H and O–H groups in total. The summed E-state index contributed by atoms with van der Waals surface area (Å²) >= 11 is 1.63. The maximum Gasteiger partial charge on any atom is 0.335 e. The lowest BCUT2D eigenvalue weighted by atomic mass is 10.1. The SMILES string of the molecule is CC(NCc1cc(C(=O)O)ccc1F)c1cccs1. The number of aromatic carboxylic acids is 1. The van der Waals surface area contributed by atoms with Gasteiger partial charge in [-0.05, 0) is 36.6 Å². The second-order valence-corrected chi connectivity index (χ2v) is 5.21. The van der Waals surface area contributed by atoms with E-state index in [0.717, 1.165) is 4.88 Å². The lowest BCUT2D eigenvalue weighted by Gasteiger charge is -2.13. The number of carbonyl (C=O) groups is 1. The Balaban J connectivity index is 2.06. The number of hydrogen-bond donors (Lipinski definition) is 2. The van der Waals surface area contributed by atoms with Gasteiger partial charge >= 0.3 is 5.97 Å². The van der Waals surface area contributed by atoms with Crippen molar-refractivity contribution in [2.75, 3.05) is 0 Å². The first-order valence-electron chi connectivity index (χ1n) is 5.86. The highest BCUT2D eigenvalue weighted by Crippen LogP contribution is 2.19. The zero-order chi connectivity index (χ0) is 13.8. The van der Waals surface area contributed by atoms with Gasteiger partial charge in [-0.15, -0.1) is 11.3 Å². The molecule has 19 heavy (non-hydrogen) atoms. The third kappa shape index (κ3) is 3.39. The molecule has 0 saturated carbocycles. The van der Waals surface area contributed by atoms with E-state index in [-0.39, 0.29) is 11.6 Å². The van der Waals surface area contributed by atoms with Crippen molar-refractivity contribution in [3.63, 3.8) is 0 Å². The van der Waals surface area contributed by atoms with Gasteiger partial charge in [-0.1, -0.05) is 6.07 Å². The summed E-state index contributed by atoms with van der Waals surface area (Å²) < 4.78 is 13.6. The van der Waals surface area contributed by atoms with Crippen molar-refractivity contribution in [1.29, 1.82) is 0 Å². The smallest absolute Gasteiger partial charge is 0.335 e. The molecule has 0 radical (unpaired) electrons. The van der Waals surface area contributed by atoms with Crippen LogP contribution in [0.4, 0.5) is 4.39 Å². The Morgan fingerprint density at radius 2 is 2.26 bits per heavy atom. The van der Waals surface area contributed by atoms with Crippen molar-refractivity contribution in [3.8, 4) is 0 Å². The van der Waals surface area contributed by atoms with Gasteiger partial charge in [-0.25, -0.2) is 9.18 Å². The van der Waals surface area contributed by atoms with E-state index in [1.165, 1.54) is 18.2 Å². The van der Waals surface area contributed by atoms with Gasteiger partial charge in [0.2, 0.25) is 0 Å². The Kier molecular flexibility index (Phi) is 4.29. The molecule has 100 valence electrons. The van der Waals surface area contributed by atoms with Gasteiger partial charge in [0.1, 0.15) is 5.82 Å². The molecule has 2 rings (SSSR count).